The van der Waals surface area contributed by atoms with Crippen LogP contribution in [0.15, 0.2) is 0 Å². The molecule has 1 nitrogen and oxygen atoms in total. The molecule has 0 aromatic heterocycles. The van der Waals surface area contributed by atoms with Crippen LogP contribution in [0, 0.1) is 5.92 Å². The van der Waals surface area contributed by atoms with E-state index < -0.39 is 0 Å². The number of hydrogen-bond acceptors (Lipinski definition) is 0. The minimum atomic E-state index is 0. The van der Waals surface area contributed by atoms with Crippen molar-refractivity contribution in [1.82, 2.24) is 0 Å². The maximum Gasteiger partial charge on any atom is 1.00 e. The number of unbranched alkanes of at least 4 members (excludes halogenated alkanes) is 1. The summed E-state index contributed by atoms with van der Waals surface area (Å²) in [5.74, 6) is 0.910. The average molecular weight is 217 g/mol. The van der Waals surface area contributed by atoms with Crippen LogP contribution in [0.1, 0.15) is 72.1 Å². The molecule has 0 aliphatic heterocycles. The third-order valence-corrected chi connectivity index (χ3v) is 3.54. The number of nitrogens with zero attached hydrogens (tertiary/aromatic N) is 1. The third-order valence-electron chi connectivity index (χ3n) is 3.54. The van der Waals surface area contributed by atoms with Crippen LogP contribution in [0.3, 0.4) is 0 Å². The molecule has 0 heterocycles. The molecule has 1 rings (SSSR count). The minimum Gasteiger partial charge on any atom is -0.657 e. The van der Waals surface area contributed by atoms with Crippen LogP contribution in [-0.4, -0.2) is 12.1 Å². The molecule has 0 aromatic rings. The van der Waals surface area contributed by atoms with Crippen LogP contribution in [0.2, 0.25) is 0 Å². The van der Waals surface area contributed by atoms with Crippen molar-refractivity contribution in [2.45, 2.75) is 84.2 Å². The van der Waals surface area contributed by atoms with E-state index in [2.05, 4.69) is 20.8 Å². The summed E-state index contributed by atoms with van der Waals surface area (Å²) >= 11 is 0. The van der Waals surface area contributed by atoms with Crippen LogP contribution in [0.5, 0.6) is 0 Å². The second-order valence-corrected chi connectivity index (χ2v) is 5.35. The number of hydrogen-bond donors (Lipinski definition) is 0. The largest absolute Gasteiger partial charge is 1.00 e. The van der Waals surface area contributed by atoms with E-state index in [1.165, 1.54) is 51.4 Å². The van der Waals surface area contributed by atoms with E-state index >= 15 is 0 Å². The molecule has 0 saturated heterocycles. The first-order chi connectivity index (χ1) is 7.24. The van der Waals surface area contributed by atoms with Gasteiger partial charge < -0.3 is 5.32 Å². The number of rotatable bonds is 6. The zero-order valence-electron chi connectivity index (χ0n) is 11.8. The molecule has 1 atom stereocenters. The molecular weight excluding hydrogens is 189 g/mol. The predicted octanol–water partition coefficient (Wildman–Crippen LogP) is 1.91. The zero-order chi connectivity index (χ0) is 11.1. The summed E-state index contributed by atoms with van der Waals surface area (Å²) in [6.45, 7) is 6.73. The zero-order valence-corrected chi connectivity index (χ0v) is 11.8. The van der Waals surface area contributed by atoms with E-state index in [0.717, 1.165) is 5.92 Å². The van der Waals surface area contributed by atoms with Gasteiger partial charge in [-0.3, -0.25) is 0 Å². The summed E-state index contributed by atoms with van der Waals surface area (Å²) in [6, 6.07) is 1.19. The Morgan fingerprint density at radius 1 is 1.12 bits per heavy atom. The Bertz CT molecular complexity index is 153. The quantitative estimate of drug-likeness (QED) is 0.603. The molecule has 2 heteroatoms. The van der Waals surface area contributed by atoms with E-state index in [9.17, 15) is 0 Å². The summed E-state index contributed by atoms with van der Waals surface area (Å²) in [5, 5.41) is 4.94. The van der Waals surface area contributed by atoms with E-state index in [1.807, 2.05) is 0 Å². The van der Waals surface area contributed by atoms with Gasteiger partial charge >= 0.3 is 18.9 Å². The van der Waals surface area contributed by atoms with Crippen molar-refractivity contribution < 1.29 is 18.9 Å². The van der Waals surface area contributed by atoms with Crippen LogP contribution in [-0.2, 0) is 0 Å². The Labute approximate surface area is 114 Å². The fourth-order valence-electron chi connectivity index (χ4n) is 2.75. The molecule has 0 spiro atoms. The molecule has 1 fully saturated rings. The van der Waals surface area contributed by atoms with Gasteiger partial charge in [0.15, 0.2) is 0 Å². The molecule has 0 bridgehead atoms. The van der Waals surface area contributed by atoms with Crippen molar-refractivity contribution in [3.8, 4) is 0 Å². The molecule has 16 heavy (non-hydrogen) atoms. The first kappa shape index (κ1) is 16.6. The Morgan fingerprint density at radius 3 is 2.25 bits per heavy atom. The second kappa shape index (κ2) is 9.57. The first-order valence-corrected chi connectivity index (χ1v) is 6.94. The molecule has 0 radical (unpaired) electrons. The van der Waals surface area contributed by atoms with Gasteiger partial charge in [-0.2, -0.15) is 0 Å². The summed E-state index contributed by atoms with van der Waals surface area (Å²) < 4.78 is 0. The molecule has 1 saturated carbocycles. The summed E-state index contributed by atoms with van der Waals surface area (Å²) in [4.78, 5) is 0. The van der Waals surface area contributed by atoms with E-state index in [1.54, 1.807) is 0 Å². The monoisotopic (exact) mass is 217 g/mol. The van der Waals surface area contributed by atoms with Crippen molar-refractivity contribution in [2.24, 2.45) is 5.92 Å². The molecule has 0 N–H and O–H groups in total. The third kappa shape index (κ3) is 6.33. The molecule has 90 valence electrons. The molecule has 1 aliphatic rings. The van der Waals surface area contributed by atoms with Gasteiger partial charge in [0.1, 0.15) is 0 Å². The van der Waals surface area contributed by atoms with Gasteiger partial charge in [0.2, 0.25) is 0 Å². The first-order valence-electron chi connectivity index (χ1n) is 6.94. The van der Waals surface area contributed by atoms with Gasteiger partial charge in [-0.1, -0.05) is 78.1 Å². The topological polar surface area (TPSA) is 14.1 Å². The predicted molar refractivity (Wildman–Crippen MR) is 68.4 cm³/mol. The fraction of sp³-hybridized carbons (Fsp3) is 1.00. The van der Waals surface area contributed by atoms with Crippen molar-refractivity contribution in [2.75, 3.05) is 0 Å². The molecule has 0 amide bonds. The summed E-state index contributed by atoms with van der Waals surface area (Å²) in [5.41, 5.74) is 0. The maximum absolute atomic E-state index is 4.94. The van der Waals surface area contributed by atoms with Crippen molar-refractivity contribution >= 4 is 0 Å². The smallest absolute Gasteiger partial charge is 0.657 e. The molecular formula is C14H28LiN. The summed E-state index contributed by atoms with van der Waals surface area (Å²) in [7, 11) is 0. The van der Waals surface area contributed by atoms with Crippen molar-refractivity contribution in [1.29, 1.82) is 0 Å². The molecule has 1 aliphatic carbocycles. The van der Waals surface area contributed by atoms with E-state index in [-0.39, 0.29) is 18.9 Å². The van der Waals surface area contributed by atoms with Gasteiger partial charge in [-0.25, -0.2) is 0 Å². The Balaban J connectivity index is 0.00000225. The fourth-order valence-corrected chi connectivity index (χ4v) is 2.75. The minimum absolute atomic E-state index is 0. The standard InChI is InChI=1S/C14H28N.Li/c1-4-5-11-14(15-12(2)3)13-9-7-6-8-10-13;/h12-14H,4-11H2,1-3H3;/q-1;+1. The van der Waals surface area contributed by atoms with Crippen LogP contribution in [0.4, 0.5) is 0 Å². The van der Waals surface area contributed by atoms with Crippen LogP contribution >= 0.6 is 0 Å². The van der Waals surface area contributed by atoms with E-state index in [4.69, 9.17) is 5.32 Å². The average Bonchev–Trinajstić information content (AvgIpc) is 2.25. The van der Waals surface area contributed by atoms with Gasteiger partial charge in [0, 0.05) is 0 Å². The Hall–Kier alpha value is 0.557. The molecule has 1 unspecified atom stereocenters. The van der Waals surface area contributed by atoms with Crippen molar-refractivity contribution in [3.05, 3.63) is 5.32 Å². The second-order valence-electron chi connectivity index (χ2n) is 5.35. The summed E-state index contributed by atoms with van der Waals surface area (Å²) in [6.07, 6.45) is 11.2. The van der Waals surface area contributed by atoms with Gasteiger partial charge in [0.25, 0.3) is 0 Å². The van der Waals surface area contributed by atoms with Crippen LogP contribution in [0.25, 0.3) is 5.32 Å². The van der Waals surface area contributed by atoms with Crippen LogP contribution < -0.4 is 18.9 Å². The normalized spacial score (nSPS) is 19.5. The van der Waals surface area contributed by atoms with Gasteiger partial charge in [0.05, 0.1) is 0 Å². The maximum atomic E-state index is 4.94. The van der Waals surface area contributed by atoms with E-state index in [0.29, 0.717) is 12.1 Å². The van der Waals surface area contributed by atoms with Crippen molar-refractivity contribution in [3.63, 3.8) is 0 Å². The van der Waals surface area contributed by atoms with Gasteiger partial charge in [-0.05, 0) is 0 Å². The Morgan fingerprint density at radius 2 is 1.75 bits per heavy atom. The molecule has 0 aromatic carbocycles. The SMILES string of the molecule is CCCCC([N-]C(C)C)C1CCCCC1.[Li+]. The Kier molecular flexibility index (Phi) is 9.91. The van der Waals surface area contributed by atoms with Gasteiger partial charge in [-0.15, -0.1) is 12.1 Å².